The van der Waals surface area contributed by atoms with Crippen molar-refractivity contribution in [3.05, 3.63) is 104 Å². The molecule has 2 atom stereocenters. The van der Waals surface area contributed by atoms with E-state index in [0.717, 1.165) is 11.1 Å². The Morgan fingerprint density at radius 1 is 1.09 bits per heavy atom. The maximum Gasteiger partial charge on any atom is 0.278 e. The number of hydrogen-bond donors (Lipinski definition) is 1. The zero-order valence-electron chi connectivity index (χ0n) is 18.9. The molecule has 2 aliphatic rings. The van der Waals surface area contributed by atoms with Gasteiger partial charge in [0.15, 0.2) is 11.4 Å². The van der Waals surface area contributed by atoms with Crippen LogP contribution in [0.25, 0.3) is 0 Å². The van der Waals surface area contributed by atoms with E-state index in [9.17, 15) is 14.7 Å². The maximum atomic E-state index is 13.6. The van der Waals surface area contributed by atoms with Gasteiger partial charge in [0.1, 0.15) is 30.1 Å². The SMILES string of the molecule is CC[C@H]1/C=C/COc2c(ccc(Cl)c2Cl)[C@@H](c2ccccc2)N2CN1C(=O)c1c(O)c(=O)ccn12. The molecule has 7 nitrogen and oxygen atoms in total. The molecule has 0 aliphatic carbocycles. The summed E-state index contributed by atoms with van der Waals surface area (Å²) in [5, 5.41) is 13.3. The fourth-order valence-electron chi connectivity index (χ4n) is 4.68. The Labute approximate surface area is 212 Å². The third kappa shape index (κ3) is 3.94. The summed E-state index contributed by atoms with van der Waals surface area (Å²) in [6, 6.07) is 13.7. The summed E-state index contributed by atoms with van der Waals surface area (Å²) in [6.45, 7) is 2.39. The second-order valence-electron chi connectivity index (χ2n) is 8.39. The molecule has 0 radical (unpaired) electrons. The molecule has 0 spiro atoms. The van der Waals surface area contributed by atoms with Crippen LogP contribution in [-0.2, 0) is 0 Å². The number of rotatable bonds is 2. The highest BCUT2D eigenvalue weighted by Crippen LogP contribution is 2.43. The Kier molecular flexibility index (Phi) is 6.21. The number of benzene rings is 2. The molecule has 2 aliphatic heterocycles. The van der Waals surface area contributed by atoms with Crippen LogP contribution in [-0.4, -0.2) is 39.9 Å². The Morgan fingerprint density at radius 2 is 1.86 bits per heavy atom. The molecule has 3 aromatic rings. The first-order valence-corrected chi connectivity index (χ1v) is 12.0. The van der Waals surface area contributed by atoms with Crippen molar-refractivity contribution < 1.29 is 14.6 Å². The normalized spacial score (nSPS) is 20.4. The van der Waals surface area contributed by atoms with Gasteiger partial charge in [-0.05, 0) is 24.1 Å². The minimum Gasteiger partial charge on any atom is -0.502 e. The average molecular weight is 512 g/mol. The number of fused-ring (bicyclic) bond motifs is 5. The Bertz CT molecular complexity index is 1370. The van der Waals surface area contributed by atoms with Crippen molar-refractivity contribution in [2.75, 3.05) is 18.3 Å². The van der Waals surface area contributed by atoms with Crippen molar-refractivity contribution >= 4 is 29.1 Å². The molecule has 2 bridgehead atoms. The van der Waals surface area contributed by atoms with Gasteiger partial charge in [-0.3, -0.25) is 19.3 Å². The minimum absolute atomic E-state index is 0.0849. The predicted octanol–water partition coefficient (Wildman–Crippen LogP) is 4.73. The van der Waals surface area contributed by atoms with Crippen molar-refractivity contribution in [1.29, 1.82) is 0 Å². The van der Waals surface area contributed by atoms with E-state index >= 15 is 0 Å². The number of carbonyl (C=O) groups is 1. The average Bonchev–Trinajstić information content (AvgIpc) is 2.89. The highest BCUT2D eigenvalue weighted by atomic mass is 35.5. The van der Waals surface area contributed by atoms with E-state index in [1.54, 1.807) is 15.6 Å². The predicted molar refractivity (Wildman–Crippen MR) is 135 cm³/mol. The van der Waals surface area contributed by atoms with Crippen LogP contribution in [0, 0.1) is 0 Å². The zero-order valence-corrected chi connectivity index (χ0v) is 20.4. The molecular weight excluding hydrogens is 489 g/mol. The highest BCUT2D eigenvalue weighted by molar-refractivity contribution is 6.43. The number of nitrogens with zero attached hydrogens (tertiary/aromatic N) is 3. The number of hydrogen-bond acceptors (Lipinski definition) is 5. The number of amides is 1. The summed E-state index contributed by atoms with van der Waals surface area (Å²) < 4.78 is 7.69. The van der Waals surface area contributed by atoms with E-state index in [0.29, 0.717) is 17.2 Å². The summed E-state index contributed by atoms with van der Waals surface area (Å²) in [6.07, 6.45) is 5.87. The van der Waals surface area contributed by atoms with Crippen LogP contribution < -0.4 is 15.2 Å². The Hall–Kier alpha value is -3.42. The first-order chi connectivity index (χ1) is 16.9. The van der Waals surface area contributed by atoms with Gasteiger partial charge in [-0.1, -0.05) is 72.6 Å². The molecule has 9 heteroatoms. The van der Waals surface area contributed by atoms with E-state index in [-0.39, 0.29) is 30.0 Å². The molecule has 35 heavy (non-hydrogen) atoms. The quantitative estimate of drug-likeness (QED) is 0.503. The monoisotopic (exact) mass is 511 g/mol. The summed E-state index contributed by atoms with van der Waals surface area (Å²) in [5.41, 5.74) is 0.925. The van der Waals surface area contributed by atoms with E-state index in [2.05, 4.69) is 0 Å². The third-order valence-corrected chi connectivity index (χ3v) is 7.17. The second-order valence-corrected chi connectivity index (χ2v) is 9.17. The zero-order chi connectivity index (χ0) is 24.7. The molecule has 1 amide bonds. The highest BCUT2D eigenvalue weighted by Gasteiger charge is 2.39. The maximum absolute atomic E-state index is 13.6. The molecule has 0 saturated carbocycles. The van der Waals surface area contributed by atoms with Crippen molar-refractivity contribution in [3.8, 4) is 11.5 Å². The van der Waals surface area contributed by atoms with Gasteiger partial charge in [-0.15, -0.1) is 0 Å². The largest absolute Gasteiger partial charge is 0.502 e. The van der Waals surface area contributed by atoms with E-state index < -0.39 is 23.1 Å². The van der Waals surface area contributed by atoms with Crippen LogP contribution in [0.2, 0.25) is 10.0 Å². The van der Waals surface area contributed by atoms with Crippen LogP contribution in [0.4, 0.5) is 0 Å². The van der Waals surface area contributed by atoms with Crippen molar-refractivity contribution in [3.63, 3.8) is 0 Å². The lowest BCUT2D eigenvalue weighted by Gasteiger charge is -2.45. The number of pyridine rings is 1. The van der Waals surface area contributed by atoms with Crippen LogP contribution in [0.15, 0.2) is 71.7 Å². The van der Waals surface area contributed by atoms with Crippen LogP contribution in [0.1, 0.15) is 41.0 Å². The lowest BCUT2D eigenvalue weighted by molar-refractivity contribution is 0.0626. The summed E-state index contributed by atoms with van der Waals surface area (Å²) in [4.78, 5) is 27.6. The molecule has 2 aromatic carbocycles. The van der Waals surface area contributed by atoms with Gasteiger partial charge in [-0.2, -0.15) is 0 Å². The van der Waals surface area contributed by atoms with E-state index in [4.69, 9.17) is 27.9 Å². The molecular formula is C26H23Cl2N3O4. The van der Waals surface area contributed by atoms with Crippen LogP contribution in [0.3, 0.4) is 0 Å². The number of ether oxygens (including phenoxy) is 1. The molecule has 180 valence electrons. The first kappa shape index (κ1) is 23.3. The lowest BCUT2D eigenvalue weighted by Crippen LogP contribution is -2.57. The van der Waals surface area contributed by atoms with Gasteiger partial charge in [0.25, 0.3) is 5.91 Å². The van der Waals surface area contributed by atoms with Gasteiger partial charge in [0, 0.05) is 17.8 Å². The molecule has 5 rings (SSSR count). The van der Waals surface area contributed by atoms with Gasteiger partial charge in [-0.25, -0.2) is 0 Å². The summed E-state index contributed by atoms with van der Waals surface area (Å²) in [5.74, 6) is -0.574. The fourth-order valence-corrected chi connectivity index (χ4v) is 5.05. The molecule has 0 unspecified atom stereocenters. The second kappa shape index (κ2) is 9.32. The van der Waals surface area contributed by atoms with Gasteiger partial charge >= 0.3 is 0 Å². The van der Waals surface area contributed by atoms with Crippen LogP contribution >= 0.6 is 23.2 Å². The minimum atomic E-state index is -0.617. The van der Waals surface area contributed by atoms with Gasteiger partial charge in [0.05, 0.1) is 11.1 Å². The van der Waals surface area contributed by atoms with Gasteiger partial charge < -0.3 is 14.7 Å². The number of aromatic nitrogens is 1. The van der Waals surface area contributed by atoms with Crippen molar-refractivity contribution in [2.45, 2.75) is 25.4 Å². The smallest absolute Gasteiger partial charge is 0.278 e. The molecule has 0 fully saturated rings. The number of aromatic hydroxyl groups is 1. The van der Waals surface area contributed by atoms with Crippen molar-refractivity contribution in [1.82, 2.24) is 9.58 Å². The van der Waals surface area contributed by atoms with Crippen LogP contribution in [0.5, 0.6) is 11.5 Å². The van der Waals surface area contributed by atoms with E-state index in [1.807, 2.05) is 60.5 Å². The number of halogens is 2. The molecule has 1 N–H and O–H groups in total. The summed E-state index contributed by atoms with van der Waals surface area (Å²) >= 11 is 13.0. The van der Waals surface area contributed by atoms with E-state index in [1.165, 1.54) is 12.3 Å². The topological polar surface area (TPSA) is 75.0 Å². The standard InChI is InChI=1S/C26H23Cl2N3O4/c1-2-17-9-6-14-35-25-18(10-11-19(27)21(25)28)22(16-7-4-3-5-8-16)31-15-29(17)26(34)23-24(33)20(32)12-13-30(23)31/h3-13,17,22,33H,2,14-15H2,1H3/b9-6+/t17-,22+/m0/s1. The summed E-state index contributed by atoms with van der Waals surface area (Å²) in [7, 11) is 0. The lowest BCUT2D eigenvalue weighted by atomic mass is 9.96. The fraction of sp³-hybridized carbons (Fsp3) is 0.231. The molecule has 0 saturated heterocycles. The Balaban J connectivity index is 1.84. The molecule has 3 heterocycles. The number of carbonyl (C=O) groups excluding carboxylic acids is 1. The molecule has 1 aromatic heterocycles. The first-order valence-electron chi connectivity index (χ1n) is 11.3. The third-order valence-electron chi connectivity index (χ3n) is 6.38. The van der Waals surface area contributed by atoms with Crippen molar-refractivity contribution in [2.24, 2.45) is 0 Å². The Morgan fingerprint density at radius 3 is 2.60 bits per heavy atom. The van der Waals surface area contributed by atoms with Gasteiger partial charge in [0.2, 0.25) is 5.43 Å².